The molecular formula is C10H20N2O. The topological polar surface area (TPSA) is 41.1 Å². The number of amides is 1. The average Bonchev–Trinajstić information content (AvgIpc) is 1.91. The number of carbonyl (C=O) groups excluding carboxylic acids is 1. The van der Waals surface area contributed by atoms with Crippen LogP contribution in [-0.4, -0.2) is 25.0 Å². The molecule has 0 aromatic heterocycles. The van der Waals surface area contributed by atoms with E-state index in [1.165, 1.54) is 6.42 Å². The minimum Gasteiger partial charge on any atom is -0.356 e. The smallest absolute Gasteiger partial charge is 0.225 e. The normalized spacial score (nSPS) is 22.2. The van der Waals surface area contributed by atoms with Gasteiger partial charge in [0.15, 0.2) is 0 Å². The molecule has 13 heavy (non-hydrogen) atoms. The van der Waals surface area contributed by atoms with E-state index in [0.29, 0.717) is 6.04 Å². The molecule has 0 aromatic carbocycles. The third-order valence-corrected chi connectivity index (χ3v) is 2.39. The van der Waals surface area contributed by atoms with Gasteiger partial charge >= 0.3 is 0 Å². The summed E-state index contributed by atoms with van der Waals surface area (Å²) in [6.07, 6.45) is 2.31. The number of carbonyl (C=O) groups is 1. The molecule has 2 N–H and O–H groups in total. The minimum absolute atomic E-state index is 0.145. The molecule has 0 bridgehead atoms. The lowest BCUT2D eigenvalue weighted by Crippen LogP contribution is -2.45. The Labute approximate surface area is 80.3 Å². The highest BCUT2D eigenvalue weighted by atomic mass is 16.2. The van der Waals surface area contributed by atoms with Gasteiger partial charge in [-0.3, -0.25) is 4.79 Å². The van der Waals surface area contributed by atoms with Crippen LogP contribution in [0.2, 0.25) is 0 Å². The van der Waals surface area contributed by atoms with Crippen molar-refractivity contribution in [2.45, 2.75) is 39.7 Å². The zero-order valence-electron chi connectivity index (χ0n) is 8.81. The molecule has 76 valence electrons. The first-order chi connectivity index (χ1) is 6.00. The third kappa shape index (κ3) is 3.35. The van der Waals surface area contributed by atoms with Gasteiger partial charge in [0.1, 0.15) is 0 Å². The van der Waals surface area contributed by atoms with Gasteiger partial charge in [-0.15, -0.1) is 0 Å². The van der Waals surface area contributed by atoms with Gasteiger partial charge in [0.2, 0.25) is 5.91 Å². The summed E-state index contributed by atoms with van der Waals surface area (Å²) in [4.78, 5) is 11.4. The first-order valence-electron chi connectivity index (χ1n) is 5.02. The summed E-state index contributed by atoms with van der Waals surface area (Å²) in [6.45, 7) is 7.74. The van der Waals surface area contributed by atoms with Crippen molar-refractivity contribution in [3.63, 3.8) is 0 Å². The monoisotopic (exact) mass is 184 g/mol. The molecule has 0 aromatic rings. The van der Waals surface area contributed by atoms with Crippen LogP contribution in [0.1, 0.15) is 33.6 Å². The van der Waals surface area contributed by atoms with Gasteiger partial charge < -0.3 is 10.6 Å². The van der Waals surface area contributed by atoms with Crippen molar-refractivity contribution >= 4 is 5.91 Å². The highest BCUT2D eigenvalue weighted by Gasteiger charge is 2.21. The van der Waals surface area contributed by atoms with Gasteiger partial charge in [-0.1, -0.05) is 20.8 Å². The highest BCUT2D eigenvalue weighted by molar-refractivity contribution is 5.81. The molecule has 0 spiro atoms. The van der Waals surface area contributed by atoms with Gasteiger partial charge in [-0.05, 0) is 19.4 Å². The maximum Gasteiger partial charge on any atom is 0.225 e. The fraction of sp³-hybridized carbons (Fsp3) is 0.900. The van der Waals surface area contributed by atoms with E-state index >= 15 is 0 Å². The Kier molecular flexibility index (Phi) is 3.31. The summed E-state index contributed by atoms with van der Waals surface area (Å²) < 4.78 is 0. The molecule has 1 fully saturated rings. The molecule has 3 heteroatoms. The molecule has 1 saturated heterocycles. The fourth-order valence-electron chi connectivity index (χ4n) is 1.22. The maximum atomic E-state index is 11.4. The number of hydrogen-bond donors (Lipinski definition) is 2. The second kappa shape index (κ2) is 4.09. The minimum atomic E-state index is -0.257. The predicted octanol–water partition coefficient (Wildman–Crippen LogP) is 0.901. The van der Waals surface area contributed by atoms with Crippen molar-refractivity contribution in [3.8, 4) is 0 Å². The molecule has 1 rings (SSSR count). The van der Waals surface area contributed by atoms with Crippen molar-refractivity contribution in [1.82, 2.24) is 10.6 Å². The third-order valence-electron chi connectivity index (χ3n) is 2.39. The predicted molar refractivity (Wildman–Crippen MR) is 53.5 cm³/mol. The number of hydrogen-bond acceptors (Lipinski definition) is 2. The molecule has 1 heterocycles. The van der Waals surface area contributed by atoms with E-state index in [4.69, 9.17) is 0 Å². The SMILES string of the molecule is CC(C)(C)C(=O)NCCC1CCN1. The van der Waals surface area contributed by atoms with E-state index < -0.39 is 0 Å². The molecule has 1 amide bonds. The fourth-order valence-corrected chi connectivity index (χ4v) is 1.22. The van der Waals surface area contributed by atoms with Crippen LogP contribution in [0.5, 0.6) is 0 Å². The molecule has 0 saturated carbocycles. The van der Waals surface area contributed by atoms with Gasteiger partial charge in [0, 0.05) is 18.0 Å². The van der Waals surface area contributed by atoms with E-state index in [0.717, 1.165) is 19.5 Å². The summed E-state index contributed by atoms with van der Waals surface area (Å²) in [5.74, 6) is 0.145. The first-order valence-corrected chi connectivity index (χ1v) is 5.02. The molecular weight excluding hydrogens is 164 g/mol. The van der Waals surface area contributed by atoms with Crippen LogP contribution in [0.3, 0.4) is 0 Å². The maximum absolute atomic E-state index is 11.4. The largest absolute Gasteiger partial charge is 0.356 e. The molecule has 1 aliphatic heterocycles. The van der Waals surface area contributed by atoms with E-state index in [1.807, 2.05) is 20.8 Å². The summed E-state index contributed by atoms with van der Waals surface area (Å²) in [6, 6.07) is 0.639. The quantitative estimate of drug-likeness (QED) is 0.684. The average molecular weight is 184 g/mol. The van der Waals surface area contributed by atoms with Crippen LogP contribution in [0.25, 0.3) is 0 Å². The summed E-state index contributed by atoms with van der Waals surface area (Å²) in [5, 5.41) is 6.25. The van der Waals surface area contributed by atoms with Gasteiger partial charge in [0.05, 0.1) is 0 Å². The first kappa shape index (κ1) is 10.5. The lowest BCUT2D eigenvalue weighted by atomic mass is 9.95. The summed E-state index contributed by atoms with van der Waals surface area (Å²) in [5.41, 5.74) is -0.257. The Bertz CT molecular complexity index is 180. The van der Waals surface area contributed by atoms with Crippen LogP contribution in [0, 0.1) is 5.41 Å². The lowest BCUT2D eigenvalue weighted by Gasteiger charge is -2.28. The Balaban J connectivity index is 2.08. The Morgan fingerprint density at radius 2 is 2.15 bits per heavy atom. The standard InChI is InChI=1S/C10H20N2O/c1-10(2,3)9(13)12-7-5-8-4-6-11-8/h8,11H,4-7H2,1-3H3,(H,12,13). The summed E-state index contributed by atoms with van der Waals surface area (Å²) >= 11 is 0. The molecule has 3 nitrogen and oxygen atoms in total. The number of nitrogens with one attached hydrogen (secondary N) is 2. The van der Waals surface area contributed by atoms with Crippen LogP contribution in [-0.2, 0) is 4.79 Å². The second-order valence-corrected chi connectivity index (χ2v) is 4.73. The van der Waals surface area contributed by atoms with Crippen molar-refractivity contribution < 1.29 is 4.79 Å². The van der Waals surface area contributed by atoms with Crippen LogP contribution in [0.4, 0.5) is 0 Å². The Hall–Kier alpha value is -0.570. The van der Waals surface area contributed by atoms with E-state index in [1.54, 1.807) is 0 Å². The second-order valence-electron chi connectivity index (χ2n) is 4.73. The van der Waals surface area contributed by atoms with Crippen LogP contribution in [0.15, 0.2) is 0 Å². The van der Waals surface area contributed by atoms with Gasteiger partial charge in [-0.25, -0.2) is 0 Å². The zero-order valence-corrected chi connectivity index (χ0v) is 8.81. The van der Waals surface area contributed by atoms with Crippen molar-refractivity contribution in [2.24, 2.45) is 5.41 Å². The Morgan fingerprint density at radius 3 is 2.54 bits per heavy atom. The Morgan fingerprint density at radius 1 is 1.54 bits per heavy atom. The lowest BCUT2D eigenvalue weighted by molar-refractivity contribution is -0.128. The molecule has 0 radical (unpaired) electrons. The molecule has 1 unspecified atom stereocenters. The van der Waals surface area contributed by atoms with Crippen LogP contribution >= 0.6 is 0 Å². The molecule has 0 aliphatic carbocycles. The molecule has 1 aliphatic rings. The molecule has 1 atom stereocenters. The van der Waals surface area contributed by atoms with E-state index in [9.17, 15) is 4.79 Å². The van der Waals surface area contributed by atoms with Gasteiger partial charge in [-0.2, -0.15) is 0 Å². The van der Waals surface area contributed by atoms with Gasteiger partial charge in [0.25, 0.3) is 0 Å². The van der Waals surface area contributed by atoms with E-state index in [-0.39, 0.29) is 11.3 Å². The van der Waals surface area contributed by atoms with E-state index in [2.05, 4.69) is 10.6 Å². The highest BCUT2D eigenvalue weighted by Crippen LogP contribution is 2.12. The van der Waals surface area contributed by atoms with Crippen molar-refractivity contribution in [2.75, 3.05) is 13.1 Å². The van der Waals surface area contributed by atoms with Crippen molar-refractivity contribution in [3.05, 3.63) is 0 Å². The number of rotatable bonds is 3. The zero-order chi connectivity index (χ0) is 9.90. The van der Waals surface area contributed by atoms with Crippen LogP contribution < -0.4 is 10.6 Å². The van der Waals surface area contributed by atoms with Crippen molar-refractivity contribution in [1.29, 1.82) is 0 Å². The summed E-state index contributed by atoms with van der Waals surface area (Å²) in [7, 11) is 0.